The first kappa shape index (κ1) is 23.9. The molecule has 174 valence electrons. The van der Waals surface area contributed by atoms with Gasteiger partial charge < -0.3 is 10.2 Å². The van der Waals surface area contributed by atoms with Gasteiger partial charge in [-0.25, -0.2) is 4.98 Å². The Morgan fingerprint density at radius 2 is 1.79 bits per heavy atom. The van der Waals surface area contributed by atoms with Gasteiger partial charge in [-0.2, -0.15) is 13.2 Å². The fourth-order valence-corrected chi connectivity index (χ4v) is 4.88. The summed E-state index contributed by atoms with van der Waals surface area (Å²) in [5.74, 6) is 0.852. The van der Waals surface area contributed by atoms with Crippen molar-refractivity contribution in [2.45, 2.75) is 24.6 Å². The molecule has 2 aromatic carbocycles. The highest BCUT2D eigenvalue weighted by molar-refractivity contribution is 6.42. The Balaban J connectivity index is 1.67. The first-order valence-electron chi connectivity index (χ1n) is 10.7. The average Bonchev–Trinajstić information content (AvgIpc) is 3.29. The molecule has 1 saturated heterocycles. The summed E-state index contributed by atoms with van der Waals surface area (Å²) in [5.41, 5.74) is 1.49. The normalized spacial score (nSPS) is 19.5. The highest BCUT2D eigenvalue weighted by atomic mass is 35.5. The lowest BCUT2D eigenvalue weighted by Crippen LogP contribution is -2.43. The van der Waals surface area contributed by atoms with E-state index in [1.807, 2.05) is 48.3 Å². The van der Waals surface area contributed by atoms with Crippen LogP contribution in [-0.2, 0) is 12.6 Å². The first-order valence-corrected chi connectivity index (χ1v) is 11.5. The lowest BCUT2D eigenvalue weighted by molar-refractivity contribution is -0.137. The van der Waals surface area contributed by atoms with Crippen molar-refractivity contribution in [3.05, 3.63) is 93.6 Å². The van der Waals surface area contributed by atoms with Crippen LogP contribution in [-0.4, -0.2) is 31.2 Å². The van der Waals surface area contributed by atoms with E-state index in [2.05, 4.69) is 22.4 Å². The number of nitrogens with one attached hydrogen (secondary N) is 1. The quantitative estimate of drug-likeness (QED) is 0.427. The molecular weight excluding hydrogens is 470 g/mol. The second kappa shape index (κ2) is 9.92. The van der Waals surface area contributed by atoms with Gasteiger partial charge in [0.15, 0.2) is 0 Å². The first-order chi connectivity index (χ1) is 15.7. The van der Waals surface area contributed by atoms with E-state index in [9.17, 15) is 13.2 Å². The van der Waals surface area contributed by atoms with Gasteiger partial charge in [-0.15, -0.1) is 0 Å². The summed E-state index contributed by atoms with van der Waals surface area (Å²) in [6, 6.07) is 18.3. The second-order valence-corrected chi connectivity index (χ2v) is 9.19. The number of nitrogens with zero attached hydrogens (tertiary/aromatic N) is 2. The number of aromatic nitrogens is 1. The van der Waals surface area contributed by atoms with Crippen LogP contribution in [0.15, 0.2) is 66.9 Å². The maximum atomic E-state index is 13.0. The van der Waals surface area contributed by atoms with E-state index in [0.29, 0.717) is 15.9 Å². The molecule has 1 aromatic heterocycles. The monoisotopic (exact) mass is 493 g/mol. The Morgan fingerprint density at radius 1 is 1.03 bits per heavy atom. The van der Waals surface area contributed by atoms with Gasteiger partial charge in [-0.3, -0.25) is 0 Å². The molecule has 1 fully saturated rings. The van der Waals surface area contributed by atoms with E-state index in [0.717, 1.165) is 42.9 Å². The summed E-state index contributed by atoms with van der Waals surface area (Å²) in [4.78, 5) is 6.14. The molecular formula is C25H24Cl2F3N3. The van der Waals surface area contributed by atoms with Crippen LogP contribution in [0.1, 0.15) is 22.6 Å². The molecule has 1 N–H and O–H groups in total. The summed E-state index contributed by atoms with van der Waals surface area (Å²) in [5, 5.41) is 4.51. The molecule has 1 aliphatic heterocycles. The summed E-state index contributed by atoms with van der Waals surface area (Å²) in [6.45, 7) is 1.55. The molecule has 1 aliphatic rings. The van der Waals surface area contributed by atoms with Gasteiger partial charge in [0.2, 0.25) is 0 Å². The Kier molecular flexibility index (Phi) is 7.17. The van der Waals surface area contributed by atoms with Crippen molar-refractivity contribution in [3.63, 3.8) is 0 Å². The summed E-state index contributed by atoms with van der Waals surface area (Å²) in [6.07, 6.45) is -2.79. The molecule has 2 heterocycles. The number of anilines is 1. The average molecular weight is 494 g/mol. The van der Waals surface area contributed by atoms with Crippen molar-refractivity contribution >= 4 is 29.0 Å². The number of pyridine rings is 1. The van der Waals surface area contributed by atoms with Gasteiger partial charge in [-0.05, 0) is 41.8 Å². The van der Waals surface area contributed by atoms with E-state index >= 15 is 0 Å². The maximum Gasteiger partial charge on any atom is 0.417 e. The molecule has 8 heteroatoms. The number of likely N-dealkylation sites (N-methyl/N-ethyl adjacent to an activating group) is 1. The highest BCUT2D eigenvalue weighted by Gasteiger charge is 2.38. The van der Waals surface area contributed by atoms with Crippen molar-refractivity contribution < 1.29 is 13.2 Å². The topological polar surface area (TPSA) is 28.2 Å². The predicted molar refractivity (Wildman–Crippen MR) is 127 cm³/mol. The van der Waals surface area contributed by atoms with E-state index in [1.54, 1.807) is 0 Å². The molecule has 4 rings (SSSR count). The molecule has 3 atom stereocenters. The van der Waals surface area contributed by atoms with Crippen LogP contribution in [0, 0.1) is 5.92 Å². The lowest BCUT2D eigenvalue weighted by atomic mass is 9.81. The largest absolute Gasteiger partial charge is 0.417 e. The summed E-state index contributed by atoms with van der Waals surface area (Å²) in [7, 11) is 1.90. The zero-order chi connectivity index (χ0) is 23.6. The van der Waals surface area contributed by atoms with E-state index in [4.69, 9.17) is 23.2 Å². The minimum atomic E-state index is -4.41. The number of rotatable bonds is 6. The number of halogens is 5. The van der Waals surface area contributed by atoms with Crippen LogP contribution < -0.4 is 10.2 Å². The van der Waals surface area contributed by atoms with Crippen molar-refractivity contribution in [1.29, 1.82) is 0 Å². The fraction of sp³-hybridized carbons (Fsp3) is 0.320. The van der Waals surface area contributed by atoms with Crippen molar-refractivity contribution in [2.24, 2.45) is 5.92 Å². The molecule has 3 nitrogen and oxygen atoms in total. The molecule has 3 aromatic rings. The van der Waals surface area contributed by atoms with Gasteiger partial charge in [0.25, 0.3) is 0 Å². The standard InChI is InChI=1S/C25H24Cl2F3N3/c1-33(24-10-8-18(13-32-24)25(28,29)30)23(11-16-5-3-2-4-6-16)20-15-31-14-19(20)17-7-9-21(26)22(27)12-17/h2-10,12-13,19-20,23,31H,11,14-15H2,1H3/t19-,20+,23?/m1/s1. The SMILES string of the molecule is CN(c1ccc(C(F)(F)F)cn1)C(Cc1ccccc1)[C@H]1CNC[C@@H]1c1ccc(Cl)c(Cl)c1. The highest BCUT2D eigenvalue weighted by Crippen LogP contribution is 2.37. The van der Waals surface area contributed by atoms with Crippen molar-refractivity contribution in [2.75, 3.05) is 25.0 Å². The molecule has 0 saturated carbocycles. The Labute approximate surface area is 201 Å². The van der Waals surface area contributed by atoms with Crippen LogP contribution in [0.3, 0.4) is 0 Å². The van der Waals surface area contributed by atoms with Gasteiger partial charge >= 0.3 is 6.18 Å². The van der Waals surface area contributed by atoms with Gasteiger partial charge in [0.1, 0.15) is 5.82 Å². The summed E-state index contributed by atoms with van der Waals surface area (Å²) >= 11 is 12.4. The van der Waals surface area contributed by atoms with Crippen molar-refractivity contribution in [3.8, 4) is 0 Å². The minimum Gasteiger partial charge on any atom is -0.356 e. The zero-order valence-corrected chi connectivity index (χ0v) is 19.5. The minimum absolute atomic E-state index is 0.00825. The Hall–Kier alpha value is -2.28. The second-order valence-electron chi connectivity index (χ2n) is 8.37. The van der Waals surface area contributed by atoms with Crippen LogP contribution in [0.2, 0.25) is 10.0 Å². The smallest absolute Gasteiger partial charge is 0.356 e. The number of hydrogen-bond acceptors (Lipinski definition) is 3. The molecule has 0 aliphatic carbocycles. The molecule has 33 heavy (non-hydrogen) atoms. The van der Waals surface area contributed by atoms with E-state index in [-0.39, 0.29) is 17.9 Å². The van der Waals surface area contributed by atoms with E-state index < -0.39 is 11.7 Å². The van der Waals surface area contributed by atoms with Gasteiger partial charge in [-0.1, -0.05) is 59.6 Å². The lowest BCUT2D eigenvalue weighted by Gasteiger charge is -2.36. The van der Waals surface area contributed by atoms with Crippen LogP contribution in [0.25, 0.3) is 0 Å². The molecule has 0 amide bonds. The van der Waals surface area contributed by atoms with Crippen LogP contribution >= 0.6 is 23.2 Å². The molecule has 0 radical (unpaired) electrons. The van der Waals surface area contributed by atoms with Gasteiger partial charge in [0, 0.05) is 44.2 Å². The van der Waals surface area contributed by atoms with Crippen molar-refractivity contribution in [1.82, 2.24) is 10.3 Å². The predicted octanol–water partition coefficient (Wildman–Crippen LogP) is 6.46. The third kappa shape index (κ3) is 5.45. The number of alkyl halides is 3. The number of benzene rings is 2. The van der Waals surface area contributed by atoms with Gasteiger partial charge in [0.05, 0.1) is 15.6 Å². The van der Waals surface area contributed by atoms with Crippen LogP contribution in [0.4, 0.5) is 19.0 Å². The third-order valence-electron chi connectivity index (χ3n) is 6.35. The molecule has 0 spiro atoms. The third-order valence-corrected chi connectivity index (χ3v) is 7.09. The molecule has 1 unspecified atom stereocenters. The number of hydrogen-bond donors (Lipinski definition) is 1. The Bertz CT molecular complexity index is 1070. The maximum absolute atomic E-state index is 13.0. The molecule has 0 bridgehead atoms. The fourth-order valence-electron chi connectivity index (χ4n) is 4.57. The van der Waals surface area contributed by atoms with E-state index in [1.165, 1.54) is 6.07 Å². The van der Waals surface area contributed by atoms with Crippen LogP contribution in [0.5, 0.6) is 0 Å². The summed E-state index contributed by atoms with van der Waals surface area (Å²) < 4.78 is 39.1. The zero-order valence-electron chi connectivity index (χ0n) is 18.0. The Morgan fingerprint density at radius 3 is 2.42 bits per heavy atom.